The molecule has 6 N–H and O–H groups in total. The summed E-state index contributed by atoms with van der Waals surface area (Å²) in [6.07, 6.45) is -0.811. The third kappa shape index (κ3) is 8.74. The Morgan fingerprint density at radius 3 is 2.10 bits per heavy atom. The number of esters is 3. The summed E-state index contributed by atoms with van der Waals surface area (Å²) in [6, 6.07) is 0. The van der Waals surface area contributed by atoms with Crippen molar-refractivity contribution in [2.45, 2.75) is 99.3 Å². The SMILES string of the molecule is COC(=O)[C@@H]1[C@H](O)[C@H](C)[C@H](O)[C@H](C)C=CC=C(C)C(=O)Nc2c(C)c(OC(C)=O)c3c(c2O)C(=O)C(C)=C2OCOC(=C23)C(C)=C[C@@](C)(O)[C@H](O)[C@@H](C)[C@H]1OC(C)=O. The zero-order chi connectivity index (χ0) is 43.7. The van der Waals surface area contributed by atoms with Crippen LogP contribution in [0.2, 0.25) is 0 Å². The first-order valence-electron chi connectivity index (χ1n) is 18.7. The first kappa shape index (κ1) is 45.4. The molecule has 0 radical (unpaired) electrons. The molecule has 1 aliphatic carbocycles. The Hall–Kier alpha value is -5.29. The van der Waals surface area contributed by atoms with E-state index in [-0.39, 0.29) is 61.9 Å². The fourth-order valence-corrected chi connectivity index (χ4v) is 7.63. The van der Waals surface area contributed by atoms with Crippen LogP contribution >= 0.6 is 0 Å². The molecule has 5 rings (SSSR count). The molecule has 16 nitrogen and oxygen atoms in total. The van der Waals surface area contributed by atoms with Gasteiger partial charge in [-0.1, -0.05) is 39.0 Å². The molecule has 58 heavy (non-hydrogen) atoms. The number of methoxy groups -OCH3 is 1. The van der Waals surface area contributed by atoms with E-state index in [9.17, 15) is 49.5 Å². The third-order valence-electron chi connectivity index (χ3n) is 10.9. The van der Waals surface area contributed by atoms with Crippen LogP contribution in [0.4, 0.5) is 5.69 Å². The van der Waals surface area contributed by atoms with Gasteiger partial charge in [0.2, 0.25) is 6.79 Å². The van der Waals surface area contributed by atoms with Crippen LogP contribution in [0, 0.1) is 30.6 Å². The average Bonchev–Trinajstić information content (AvgIpc) is 3.16. The number of hydrogen-bond acceptors (Lipinski definition) is 15. The van der Waals surface area contributed by atoms with Crippen LogP contribution < -0.4 is 10.1 Å². The summed E-state index contributed by atoms with van der Waals surface area (Å²) in [5, 5.41) is 61.2. The summed E-state index contributed by atoms with van der Waals surface area (Å²) >= 11 is 0. The van der Waals surface area contributed by atoms with Gasteiger partial charge >= 0.3 is 17.9 Å². The molecule has 0 aromatic heterocycles. The van der Waals surface area contributed by atoms with Crippen LogP contribution in [0.5, 0.6) is 11.5 Å². The van der Waals surface area contributed by atoms with Crippen LogP contribution in [0.25, 0.3) is 5.57 Å². The van der Waals surface area contributed by atoms with Crippen molar-refractivity contribution in [3.63, 3.8) is 0 Å². The number of aliphatic hydroxyl groups is 4. The number of ether oxygens (including phenoxy) is 5. The van der Waals surface area contributed by atoms with E-state index in [0.717, 1.165) is 21.0 Å². The number of Topliss-reactive ketones (excluding diaryl/α,β-unsaturated/α-hetero) is 1. The van der Waals surface area contributed by atoms with E-state index in [4.69, 9.17) is 23.7 Å². The summed E-state index contributed by atoms with van der Waals surface area (Å²) in [4.78, 5) is 66.1. The molecule has 0 spiro atoms. The standard InChI is InChI=1S/C42H53NO15/c1-17-13-12-14-18(2)40(51)43-30-20(4)37(57-24(8)44)26-27(34(30)49)33(48)22(6)36-28(26)35(55-16-56-36)19(3)15-42(10,53)39(50)23(7)38(58-25(9)45)29(41(52)54-11)32(47)21(5)31(17)46/h12-15,17,21,23,29,31-32,38-39,46-47,49-50,53H,16H2,1-11H3,(H,43,51)/t17-,21-,23+,29-,31-,32-,38-,39-,42-/m1/s1. The van der Waals surface area contributed by atoms with Crippen molar-refractivity contribution in [1.82, 2.24) is 0 Å². The molecule has 1 amide bonds. The zero-order valence-electron chi connectivity index (χ0n) is 34.5. The lowest BCUT2D eigenvalue weighted by Gasteiger charge is -2.40. The largest absolute Gasteiger partial charge is 0.505 e. The van der Waals surface area contributed by atoms with Crippen molar-refractivity contribution in [3.05, 3.63) is 69.2 Å². The number of hydrogen-bond donors (Lipinski definition) is 6. The number of allylic oxidation sites excluding steroid dienone is 5. The van der Waals surface area contributed by atoms with E-state index in [1.54, 1.807) is 13.0 Å². The Morgan fingerprint density at radius 2 is 1.52 bits per heavy atom. The van der Waals surface area contributed by atoms with Crippen LogP contribution in [0.15, 0.2) is 52.5 Å². The van der Waals surface area contributed by atoms with Gasteiger partial charge < -0.3 is 54.5 Å². The molecule has 3 heterocycles. The Kier molecular flexibility index (Phi) is 13.8. The Morgan fingerprint density at radius 1 is 0.897 bits per heavy atom. The number of benzene rings is 1. The van der Waals surface area contributed by atoms with Gasteiger partial charge in [-0.05, 0) is 46.3 Å². The number of aliphatic hydroxyl groups excluding tert-OH is 3. The van der Waals surface area contributed by atoms with E-state index >= 15 is 0 Å². The fraction of sp³-hybridized carbons (Fsp3) is 0.500. The quantitative estimate of drug-likeness (QED) is 0.145. The highest BCUT2D eigenvalue weighted by Crippen LogP contribution is 2.53. The van der Waals surface area contributed by atoms with Crippen LogP contribution in [0.3, 0.4) is 0 Å². The maximum atomic E-state index is 14.0. The van der Waals surface area contributed by atoms with Gasteiger partial charge in [-0.3, -0.25) is 24.0 Å². The minimum Gasteiger partial charge on any atom is -0.505 e. The van der Waals surface area contributed by atoms with E-state index in [1.165, 1.54) is 66.7 Å². The van der Waals surface area contributed by atoms with Gasteiger partial charge in [0.05, 0.1) is 42.2 Å². The van der Waals surface area contributed by atoms with Gasteiger partial charge in [-0.15, -0.1) is 0 Å². The summed E-state index contributed by atoms with van der Waals surface area (Å²) in [5.74, 6) is -9.71. The molecular formula is C42H53NO15. The first-order valence-corrected chi connectivity index (χ1v) is 18.7. The van der Waals surface area contributed by atoms with Crippen molar-refractivity contribution < 1.29 is 73.2 Å². The van der Waals surface area contributed by atoms with Gasteiger partial charge in [0, 0.05) is 53.9 Å². The van der Waals surface area contributed by atoms with Crippen molar-refractivity contribution in [3.8, 4) is 11.5 Å². The number of fused-ring (bicyclic) bond motifs is 14. The number of ketones is 1. The second kappa shape index (κ2) is 17.7. The maximum absolute atomic E-state index is 14.0. The Bertz CT molecular complexity index is 2040. The highest BCUT2D eigenvalue weighted by atomic mass is 16.7. The summed E-state index contributed by atoms with van der Waals surface area (Å²) in [6.45, 7) is 13.4. The number of phenols is 1. The molecule has 0 saturated heterocycles. The lowest BCUT2D eigenvalue weighted by atomic mass is 9.75. The van der Waals surface area contributed by atoms with E-state index in [1.807, 2.05) is 0 Å². The van der Waals surface area contributed by atoms with E-state index in [0.29, 0.717) is 0 Å². The van der Waals surface area contributed by atoms with Crippen LogP contribution in [0.1, 0.15) is 83.8 Å². The number of nitrogens with one attached hydrogen (secondary N) is 1. The van der Waals surface area contributed by atoms with E-state index < -0.39 is 95.8 Å². The third-order valence-corrected chi connectivity index (χ3v) is 10.9. The van der Waals surface area contributed by atoms with E-state index in [2.05, 4.69) is 5.32 Å². The van der Waals surface area contributed by atoms with Gasteiger partial charge in [0.25, 0.3) is 5.91 Å². The predicted octanol–water partition coefficient (Wildman–Crippen LogP) is 3.68. The summed E-state index contributed by atoms with van der Waals surface area (Å²) in [7, 11) is 1.06. The minimum atomic E-state index is -2.22. The van der Waals surface area contributed by atoms with Crippen molar-refractivity contribution in [1.29, 1.82) is 0 Å². The number of carbonyl (C=O) groups is 5. The second-order valence-corrected chi connectivity index (χ2v) is 15.3. The minimum absolute atomic E-state index is 0.00972. The highest BCUT2D eigenvalue weighted by Gasteiger charge is 2.49. The van der Waals surface area contributed by atoms with Gasteiger partial charge in [-0.25, -0.2) is 0 Å². The lowest BCUT2D eigenvalue weighted by Crippen LogP contribution is -2.54. The fourth-order valence-electron chi connectivity index (χ4n) is 7.63. The number of anilines is 1. The molecule has 316 valence electrons. The monoisotopic (exact) mass is 811 g/mol. The Balaban J connectivity index is 2.10. The maximum Gasteiger partial charge on any atom is 0.315 e. The second-order valence-electron chi connectivity index (χ2n) is 15.3. The molecule has 0 fully saturated rings. The molecular weight excluding hydrogens is 758 g/mol. The highest BCUT2D eigenvalue weighted by molar-refractivity contribution is 6.21. The first-order chi connectivity index (χ1) is 27.0. The van der Waals surface area contributed by atoms with Crippen molar-refractivity contribution in [2.24, 2.45) is 23.7 Å². The van der Waals surface area contributed by atoms with Gasteiger partial charge in [-0.2, -0.15) is 0 Å². The number of amides is 1. The topological polar surface area (TPSA) is 245 Å². The lowest BCUT2D eigenvalue weighted by molar-refractivity contribution is -0.181. The molecule has 4 aliphatic rings. The van der Waals surface area contributed by atoms with Gasteiger partial charge in [0.15, 0.2) is 11.5 Å². The molecule has 0 unspecified atom stereocenters. The van der Waals surface area contributed by atoms with Crippen LogP contribution in [-0.4, -0.2) is 99.1 Å². The predicted molar refractivity (Wildman–Crippen MR) is 208 cm³/mol. The number of phenolic OH excluding ortho intramolecular Hbond substituents is 1. The van der Waals surface area contributed by atoms with Crippen molar-refractivity contribution >= 4 is 40.9 Å². The van der Waals surface area contributed by atoms with Gasteiger partial charge in [0.1, 0.15) is 34.9 Å². The normalized spacial score (nSPS) is 29.7. The molecule has 4 bridgehead atoms. The Labute approximate surface area is 336 Å². The summed E-state index contributed by atoms with van der Waals surface area (Å²) in [5.41, 5.74) is -2.49. The molecule has 0 saturated carbocycles. The number of carbonyl (C=O) groups excluding carboxylic acids is 5. The van der Waals surface area contributed by atoms with Crippen molar-refractivity contribution in [2.75, 3.05) is 19.2 Å². The zero-order valence-corrected chi connectivity index (χ0v) is 34.5. The summed E-state index contributed by atoms with van der Waals surface area (Å²) < 4.78 is 28.0. The van der Waals surface area contributed by atoms with Crippen LogP contribution in [-0.2, 0) is 38.1 Å². The molecule has 16 heteroatoms. The molecule has 1 aromatic carbocycles. The average molecular weight is 812 g/mol. The molecule has 3 aliphatic heterocycles. The number of aromatic hydroxyl groups is 1. The smallest absolute Gasteiger partial charge is 0.315 e. The number of rotatable bonds is 3. The molecule has 9 atom stereocenters. The molecule has 1 aromatic rings.